The molecule has 9 heteroatoms. The molecule has 3 rings (SSSR count). The third-order valence-corrected chi connectivity index (χ3v) is 3.64. The molecule has 116 valence electrons. The summed E-state index contributed by atoms with van der Waals surface area (Å²) in [5.41, 5.74) is 0.754. The lowest BCUT2D eigenvalue weighted by Gasteiger charge is -2.23. The van der Waals surface area contributed by atoms with Gasteiger partial charge in [-0.3, -0.25) is 14.4 Å². The van der Waals surface area contributed by atoms with Gasteiger partial charge in [0.15, 0.2) is 12.0 Å². The predicted octanol–water partition coefficient (Wildman–Crippen LogP) is -0.947. The van der Waals surface area contributed by atoms with Crippen molar-refractivity contribution in [2.45, 2.75) is 12.3 Å². The minimum Gasteiger partial charge on any atom is -0.462 e. The van der Waals surface area contributed by atoms with Gasteiger partial charge in [0.05, 0.1) is 18.9 Å². The zero-order chi connectivity index (χ0) is 15.1. The van der Waals surface area contributed by atoms with Gasteiger partial charge in [-0.15, -0.1) is 0 Å². The Balaban J connectivity index is 1.95. The maximum Gasteiger partial charge on any atom is 0.327 e. The van der Waals surface area contributed by atoms with Crippen molar-refractivity contribution >= 4 is 11.8 Å². The number of anilines is 1. The first-order valence-corrected chi connectivity index (χ1v) is 6.71. The molecular weight excluding hydrogens is 280 g/mol. The smallest absolute Gasteiger partial charge is 0.327 e. The van der Waals surface area contributed by atoms with Crippen molar-refractivity contribution < 1.29 is 24.5 Å². The molecule has 0 spiro atoms. The summed E-state index contributed by atoms with van der Waals surface area (Å²) < 4.78 is 12.7. The Labute approximate surface area is 121 Å². The van der Waals surface area contributed by atoms with Crippen LogP contribution in [0.1, 0.15) is 11.8 Å². The number of urea groups is 1. The maximum absolute atomic E-state index is 12.4. The summed E-state index contributed by atoms with van der Waals surface area (Å²) in [7, 11) is 3.40. The van der Waals surface area contributed by atoms with Gasteiger partial charge in [-0.25, -0.2) is 4.79 Å². The van der Waals surface area contributed by atoms with Crippen LogP contribution in [-0.2, 0) is 11.8 Å². The lowest BCUT2D eigenvalue weighted by atomic mass is 10.3. The Morgan fingerprint density at radius 1 is 1.33 bits per heavy atom. The van der Waals surface area contributed by atoms with Crippen LogP contribution in [0.25, 0.3) is 0 Å². The van der Waals surface area contributed by atoms with Crippen LogP contribution in [0.2, 0.25) is 0 Å². The number of amides is 2. The number of hydrogen-bond acceptors (Lipinski definition) is 6. The first-order chi connectivity index (χ1) is 10.1. The van der Waals surface area contributed by atoms with Crippen LogP contribution in [-0.4, -0.2) is 70.3 Å². The second-order valence-electron chi connectivity index (χ2n) is 4.94. The van der Waals surface area contributed by atoms with Crippen LogP contribution < -0.4 is 9.64 Å². The van der Waals surface area contributed by atoms with Gasteiger partial charge >= 0.3 is 6.03 Å². The number of nitrogens with zero attached hydrogens (tertiary/aromatic N) is 4. The van der Waals surface area contributed by atoms with Gasteiger partial charge < -0.3 is 19.7 Å². The normalized spacial score (nSPS) is 23.7. The number of aliphatic hydroxyl groups excluding tert-OH is 2. The first kappa shape index (κ1) is 14.1. The van der Waals surface area contributed by atoms with Crippen LogP contribution in [0.4, 0.5) is 10.6 Å². The average molecular weight is 298 g/mol. The number of rotatable bonds is 5. The molecule has 0 aliphatic carbocycles. The molecule has 0 bridgehead atoms. The van der Waals surface area contributed by atoms with Crippen molar-refractivity contribution in [3.05, 3.63) is 5.69 Å². The summed E-state index contributed by atoms with van der Waals surface area (Å²) in [5.74, 6) is 0.475. The van der Waals surface area contributed by atoms with E-state index in [0.717, 1.165) is 5.69 Å². The molecule has 2 atom stereocenters. The Bertz CT molecular complexity index is 560. The molecule has 2 N–H and O–H groups in total. The van der Waals surface area contributed by atoms with Gasteiger partial charge in [0.2, 0.25) is 0 Å². The minimum atomic E-state index is -0.380. The lowest BCUT2D eigenvalue weighted by molar-refractivity contribution is 0.150. The van der Waals surface area contributed by atoms with E-state index in [1.54, 1.807) is 18.7 Å². The van der Waals surface area contributed by atoms with Gasteiger partial charge in [0.1, 0.15) is 12.7 Å². The fourth-order valence-corrected chi connectivity index (χ4v) is 2.57. The molecule has 9 nitrogen and oxygen atoms in total. The number of β-amino-alcohol motifs (C(OH)–C–C–N with tert-alkyl or cyclic N) is 1. The molecule has 2 amide bonds. The van der Waals surface area contributed by atoms with Crippen LogP contribution in [0, 0.1) is 0 Å². The van der Waals surface area contributed by atoms with E-state index >= 15 is 0 Å². The Kier molecular flexibility index (Phi) is 3.47. The number of carbonyl (C=O) groups excluding carboxylic acids is 1. The Morgan fingerprint density at radius 3 is 2.76 bits per heavy atom. The summed E-state index contributed by atoms with van der Waals surface area (Å²) in [5, 5.41) is 17.9. The summed E-state index contributed by atoms with van der Waals surface area (Å²) in [6.45, 7) is 0.110. The highest BCUT2D eigenvalue weighted by molar-refractivity contribution is 5.92. The molecule has 1 saturated heterocycles. The average Bonchev–Trinajstić information content (AvgIpc) is 3.19. The van der Waals surface area contributed by atoms with Crippen molar-refractivity contribution in [2.24, 2.45) is 7.05 Å². The van der Waals surface area contributed by atoms with Crippen molar-refractivity contribution in [3.63, 3.8) is 0 Å². The van der Waals surface area contributed by atoms with Gasteiger partial charge in [0.25, 0.3) is 6.01 Å². The van der Waals surface area contributed by atoms with E-state index in [1.807, 2.05) is 0 Å². The standard InChI is InChI=1S/C12H18N4O5/c1-14-7-8-10(21-8)16(3-4-17)12(19)15(2)9(7)13-11(14)20-6-5-18/h8,10,17-18H,3-6H2,1-2H3. The molecule has 0 aromatic carbocycles. The van der Waals surface area contributed by atoms with E-state index in [1.165, 1.54) is 9.80 Å². The Morgan fingerprint density at radius 2 is 2.10 bits per heavy atom. The summed E-state index contributed by atoms with van der Waals surface area (Å²) in [6.07, 6.45) is -0.654. The number of aliphatic hydroxyl groups is 2. The van der Waals surface area contributed by atoms with Crippen molar-refractivity contribution in [1.29, 1.82) is 0 Å². The van der Waals surface area contributed by atoms with Crippen molar-refractivity contribution in [1.82, 2.24) is 14.5 Å². The number of aromatic nitrogens is 2. The summed E-state index contributed by atoms with van der Waals surface area (Å²) in [4.78, 5) is 19.6. The number of epoxide rings is 1. The molecule has 2 unspecified atom stereocenters. The highest BCUT2D eigenvalue weighted by Gasteiger charge is 2.54. The minimum absolute atomic E-state index is 0.112. The lowest BCUT2D eigenvalue weighted by Crippen LogP contribution is -2.43. The second-order valence-corrected chi connectivity index (χ2v) is 4.94. The zero-order valence-corrected chi connectivity index (χ0v) is 11.9. The molecule has 3 heterocycles. The summed E-state index contributed by atoms with van der Waals surface area (Å²) >= 11 is 0. The predicted molar refractivity (Wildman–Crippen MR) is 71.0 cm³/mol. The number of carbonyl (C=O) groups is 1. The van der Waals surface area contributed by atoms with Crippen molar-refractivity contribution in [3.8, 4) is 6.01 Å². The van der Waals surface area contributed by atoms with Gasteiger partial charge in [-0.1, -0.05) is 0 Å². The highest BCUT2D eigenvalue weighted by Crippen LogP contribution is 2.48. The van der Waals surface area contributed by atoms with E-state index in [0.29, 0.717) is 11.8 Å². The van der Waals surface area contributed by atoms with Crippen molar-refractivity contribution in [2.75, 3.05) is 38.3 Å². The van der Waals surface area contributed by atoms with Gasteiger partial charge in [0, 0.05) is 20.6 Å². The maximum atomic E-state index is 12.4. The van der Waals surface area contributed by atoms with E-state index in [9.17, 15) is 4.79 Å². The third-order valence-electron chi connectivity index (χ3n) is 3.64. The van der Waals surface area contributed by atoms with Gasteiger partial charge in [-0.05, 0) is 0 Å². The molecule has 0 radical (unpaired) electrons. The number of hydrogen-bond donors (Lipinski definition) is 2. The first-order valence-electron chi connectivity index (χ1n) is 6.71. The molecule has 2 aliphatic heterocycles. The zero-order valence-electron chi connectivity index (χ0n) is 11.9. The number of fused-ring (bicyclic) bond motifs is 3. The fraction of sp³-hybridized carbons (Fsp3) is 0.667. The Hall–Kier alpha value is -1.84. The fourth-order valence-electron chi connectivity index (χ4n) is 2.57. The van der Waals surface area contributed by atoms with E-state index in [-0.39, 0.29) is 44.7 Å². The van der Waals surface area contributed by atoms with Crippen LogP contribution >= 0.6 is 0 Å². The monoisotopic (exact) mass is 298 g/mol. The number of imidazole rings is 1. The van der Waals surface area contributed by atoms with Crippen LogP contribution in [0.3, 0.4) is 0 Å². The molecule has 1 fully saturated rings. The van der Waals surface area contributed by atoms with E-state index < -0.39 is 0 Å². The SMILES string of the molecule is CN1C(=O)N(CCO)C2OC2c2c1nc(OCCO)n2C. The number of ether oxygens (including phenoxy) is 2. The summed E-state index contributed by atoms with van der Waals surface area (Å²) in [6, 6.07) is 0.0562. The highest BCUT2D eigenvalue weighted by atomic mass is 16.6. The molecule has 0 saturated carbocycles. The van der Waals surface area contributed by atoms with E-state index in [4.69, 9.17) is 19.7 Å². The molecule has 1 aromatic heterocycles. The second kappa shape index (κ2) is 5.17. The molecule has 2 aliphatic rings. The van der Waals surface area contributed by atoms with Crippen LogP contribution in [0.15, 0.2) is 0 Å². The topological polar surface area (TPSA) is 104 Å². The molecular formula is C12H18N4O5. The third kappa shape index (κ3) is 2.13. The molecule has 1 aromatic rings. The van der Waals surface area contributed by atoms with Gasteiger partial charge in [-0.2, -0.15) is 4.98 Å². The van der Waals surface area contributed by atoms with Crippen LogP contribution in [0.5, 0.6) is 6.01 Å². The largest absolute Gasteiger partial charge is 0.462 e. The van der Waals surface area contributed by atoms with E-state index in [2.05, 4.69) is 4.98 Å². The molecule has 21 heavy (non-hydrogen) atoms. The quantitative estimate of drug-likeness (QED) is 0.680.